The molecule has 1 rings (SSSR count). The highest BCUT2D eigenvalue weighted by Gasteiger charge is 2.18. The van der Waals surface area contributed by atoms with Crippen molar-refractivity contribution in [3.63, 3.8) is 0 Å². The molecule has 0 spiro atoms. The zero-order chi connectivity index (χ0) is 14.3. The molecule has 19 heavy (non-hydrogen) atoms. The molecule has 1 unspecified atom stereocenters. The minimum atomic E-state index is -0.872. The summed E-state index contributed by atoms with van der Waals surface area (Å²) in [5, 5.41) is 0.910. The first-order valence-corrected chi connectivity index (χ1v) is 6.28. The van der Waals surface area contributed by atoms with Gasteiger partial charge in [0, 0.05) is 29.1 Å². The van der Waals surface area contributed by atoms with Gasteiger partial charge in [-0.2, -0.15) is 0 Å². The summed E-state index contributed by atoms with van der Waals surface area (Å²) in [6, 6.07) is 4.93. The Kier molecular flexibility index (Phi) is 6.94. The second-order valence-electron chi connectivity index (χ2n) is 3.69. The van der Waals surface area contributed by atoms with Gasteiger partial charge in [-0.25, -0.2) is 4.79 Å². The normalized spacial score (nSPS) is 12.2. The average Bonchev–Trinajstić information content (AvgIpc) is 2.33. The van der Waals surface area contributed by atoms with Crippen LogP contribution in [-0.2, 0) is 14.2 Å². The van der Waals surface area contributed by atoms with Gasteiger partial charge in [0.15, 0.2) is 0 Å². The van der Waals surface area contributed by atoms with Gasteiger partial charge in [0.2, 0.25) is 0 Å². The van der Waals surface area contributed by atoms with Gasteiger partial charge in [-0.1, -0.05) is 29.3 Å². The highest BCUT2D eigenvalue weighted by molar-refractivity contribution is 6.35. The highest BCUT2D eigenvalue weighted by atomic mass is 35.5. The lowest BCUT2D eigenvalue weighted by Crippen LogP contribution is -2.19. The molecule has 5 nitrogen and oxygen atoms in total. The first-order chi connectivity index (χ1) is 9.04. The number of rotatable bonds is 7. The predicted molar refractivity (Wildman–Crippen MR) is 72.3 cm³/mol. The van der Waals surface area contributed by atoms with Crippen LogP contribution in [0.1, 0.15) is 18.1 Å². The monoisotopic (exact) mass is 307 g/mol. The van der Waals surface area contributed by atoms with Crippen molar-refractivity contribution < 1.29 is 19.0 Å². The summed E-state index contributed by atoms with van der Waals surface area (Å²) < 4.78 is 14.9. The maximum Gasteiger partial charge on any atom is 0.405 e. The van der Waals surface area contributed by atoms with Crippen LogP contribution in [0.4, 0.5) is 4.79 Å². The van der Waals surface area contributed by atoms with Crippen molar-refractivity contribution in [3.05, 3.63) is 33.8 Å². The summed E-state index contributed by atoms with van der Waals surface area (Å²) in [5.74, 6) is 0. The van der Waals surface area contributed by atoms with E-state index in [-0.39, 0.29) is 6.79 Å². The van der Waals surface area contributed by atoms with Crippen LogP contribution in [0.5, 0.6) is 0 Å². The Morgan fingerprint density at radius 1 is 1.42 bits per heavy atom. The number of hydrogen-bond acceptors (Lipinski definition) is 4. The smallest absolute Gasteiger partial charge is 0.405 e. The lowest BCUT2D eigenvalue weighted by molar-refractivity contribution is -0.0407. The van der Waals surface area contributed by atoms with E-state index in [9.17, 15) is 4.79 Å². The third-order valence-corrected chi connectivity index (χ3v) is 2.86. The molecule has 0 fully saturated rings. The van der Waals surface area contributed by atoms with Crippen molar-refractivity contribution in [2.75, 3.05) is 20.5 Å². The van der Waals surface area contributed by atoms with Crippen molar-refractivity contribution >= 4 is 29.3 Å². The molecule has 1 aromatic rings. The van der Waals surface area contributed by atoms with Gasteiger partial charge in [-0.05, 0) is 12.1 Å². The maximum absolute atomic E-state index is 10.9. The molecule has 2 N–H and O–H groups in total. The molecule has 0 bridgehead atoms. The quantitative estimate of drug-likeness (QED) is 0.620. The zero-order valence-corrected chi connectivity index (χ0v) is 11.9. The van der Waals surface area contributed by atoms with E-state index in [0.717, 1.165) is 0 Å². The van der Waals surface area contributed by atoms with E-state index in [0.29, 0.717) is 28.6 Å². The Hall–Kier alpha value is -1.01. The Morgan fingerprint density at radius 3 is 2.74 bits per heavy atom. The van der Waals surface area contributed by atoms with E-state index in [4.69, 9.17) is 43.1 Å². The molecule has 0 aliphatic heterocycles. The van der Waals surface area contributed by atoms with E-state index < -0.39 is 12.2 Å². The van der Waals surface area contributed by atoms with Gasteiger partial charge in [0.05, 0.1) is 6.61 Å². The molecule has 0 aliphatic carbocycles. The molecule has 7 heteroatoms. The van der Waals surface area contributed by atoms with Gasteiger partial charge in [-0.15, -0.1) is 0 Å². The summed E-state index contributed by atoms with van der Waals surface area (Å²) in [4.78, 5) is 10.9. The van der Waals surface area contributed by atoms with E-state index in [2.05, 4.69) is 0 Å². The fraction of sp³-hybridized carbons (Fsp3) is 0.417. The van der Waals surface area contributed by atoms with Crippen molar-refractivity contribution in [3.8, 4) is 0 Å². The molecule has 106 valence electrons. The lowest BCUT2D eigenvalue weighted by Gasteiger charge is -2.18. The standard InChI is InChI=1S/C12H15Cl2NO4/c1-17-7-18-5-4-11(19-12(15)16)9-3-2-8(13)6-10(9)14/h2-3,6,11H,4-5,7H2,1H3,(H2,15,16). The first kappa shape index (κ1) is 16.0. The van der Waals surface area contributed by atoms with Crippen LogP contribution in [-0.4, -0.2) is 26.6 Å². The molecule has 0 heterocycles. The minimum absolute atomic E-state index is 0.164. The van der Waals surface area contributed by atoms with Crippen molar-refractivity contribution in [2.24, 2.45) is 5.73 Å². The Morgan fingerprint density at radius 2 is 2.16 bits per heavy atom. The average molecular weight is 308 g/mol. The van der Waals surface area contributed by atoms with Gasteiger partial charge >= 0.3 is 6.09 Å². The molecule has 0 aromatic heterocycles. The summed E-state index contributed by atoms with van der Waals surface area (Å²) in [7, 11) is 1.52. The van der Waals surface area contributed by atoms with Crippen LogP contribution in [0.2, 0.25) is 10.0 Å². The minimum Gasteiger partial charge on any atom is -0.441 e. The van der Waals surface area contributed by atoms with Crippen LogP contribution in [0.3, 0.4) is 0 Å². The maximum atomic E-state index is 10.9. The third-order valence-electron chi connectivity index (χ3n) is 2.29. The molecule has 0 saturated heterocycles. The second-order valence-corrected chi connectivity index (χ2v) is 4.54. The van der Waals surface area contributed by atoms with E-state index >= 15 is 0 Å². The fourth-order valence-electron chi connectivity index (χ4n) is 1.51. The molecule has 1 aromatic carbocycles. The van der Waals surface area contributed by atoms with Gasteiger partial charge < -0.3 is 19.9 Å². The van der Waals surface area contributed by atoms with Crippen LogP contribution >= 0.6 is 23.2 Å². The number of ether oxygens (including phenoxy) is 3. The number of halogens is 2. The van der Waals surface area contributed by atoms with Gasteiger partial charge in [0.1, 0.15) is 12.9 Å². The Labute approximate surface area is 121 Å². The summed E-state index contributed by atoms with van der Waals surface area (Å²) in [6.07, 6.45) is -1.05. The van der Waals surface area contributed by atoms with Crippen molar-refractivity contribution in [2.45, 2.75) is 12.5 Å². The van der Waals surface area contributed by atoms with E-state index in [1.165, 1.54) is 7.11 Å². The van der Waals surface area contributed by atoms with Crippen molar-refractivity contribution in [1.29, 1.82) is 0 Å². The largest absolute Gasteiger partial charge is 0.441 e. The number of hydrogen-bond donors (Lipinski definition) is 1. The van der Waals surface area contributed by atoms with Crippen LogP contribution in [0.15, 0.2) is 18.2 Å². The first-order valence-electron chi connectivity index (χ1n) is 5.52. The molecule has 0 radical (unpaired) electrons. The van der Waals surface area contributed by atoms with Gasteiger partial charge in [0.25, 0.3) is 0 Å². The molecular weight excluding hydrogens is 293 g/mol. The highest BCUT2D eigenvalue weighted by Crippen LogP contribution is 2.30. The number of benzene rings is 1. The van der Waals surface area contributed by atoms with Crippen LogP contribution in [0.25, 0.3) is 0 Å². The SMILES string of the molecule is COCOCCC(OC(N)=O)c1ccc(Cl)cc1Cl. The number of primary amides is 1. The molecular formula is C12H15Cl2NO4. The summed E-state index contributed by atoms with van der Waals surface area (Å²) in [5.41, 5.74) is 5.68. The zero-order valence-electron chi connectivity index (χ0n) is 10.4. The Balaban J connectivity index is 2.74. The number of methoxy groups -OCH3 is 1. The van der Waals surface area contributed by atoms with Crippen LogP contribution in [0, 0.1) is 0 Å². The van der Waals surface area contributed by atoms with Crippen LogP contribution < -0.4 is 5.73 Å². The lowest BCUT2D eigenvalue weighted by atomic mass is 10.1. The van der Waals surface area contributed by atoms with Gasteiger partial charge in [-0.3, -0.25) is 0 Å². The molecule has 1 amide bonds. The fourth-order valence-corrected chi connectivity index (χ4v) is 2.04. The molecule has 0 saturated carbocycles. The number of nitrogens with two attached hydrogens (primary N) is 1. The predicted octanol–water partition coefficient (Wildman–Crippen LogP) is 3.14. The molecule has 0 aliphatic rings. The summed E-state index contributed by atoms with van der Waals surface area (Å²) >= 11 is 11.9. The summed E-state index contributed by atoms with van der Waals surface area (Å²) in [6.45, 7) is 0.502. The topological polar surface area (TPSA) is 70.8 Å². The number of amides is 1. The Bertz CT molecular complexity index is 428. The van der Waals surface area contributed by atoms with Crippen molar-refractivity contribution in [1.82, 2.24) is 0 Å². The van der Waals surface area contributed by atoms with E-state index in [1.807, 2.05) is 0 Å². The second kappa shape index (κ2) is 8.22. The molecule has 1 atom stereocenters. The number of carbonyl (C=O) groups is 1. The third kappa shape index (κ3) is 5.65. The van der Waals surface area contributed by atoms with E-state index in [1.54, 1.807) is 18.2 Å². The number of carbonyl (C=O) groups excluding carboxylic acids is 1.